The standard InChI is InChI=1S/C6H16N2.2ClH/c1-3-8-6(2)4-5-7;;/h6,8H,3-5,7H2,1-2H3;2*1H. The molecule has 66 valence electrons. The lowest BCUT2D eigenvalue weighted by molar-refractivity contribution is 0.537. The summed E-state index contributed by atoms with van der Waals surface area (Å²) in [5, 5.41) is 3.27. The van der Waals surface area contributed by atoms with Crippen LogP contribution in [-0.2, 0) is 0 Å². The molecule has 0 rings (SSSR count). The van der Waals surface area contributed by atoms with Crippen LogP contribution in [0.5, 0.6) is 0 Å². The van der Waals surface area contributed by atoms with E-state index in [4.69, 9.17) is 5.73 Å². The van der Waals surface area contributed by atoms with Crippen molar-refractivity contribution in [2.75, 3.05) is 13.1 Å². The van der Waals surface area contributed by atoms with Crippen LogP contribution in [0.1, 0.15) is 20.3 Å². The largest absolute Gasteiger partial charge is 0.330 e. The van der Waals surface area contributed by atoms with Gasteiger partial charge in [-0.15, -0.1) is 24.8 Å². The lowest BCUT2D eigenvalue weighted by Crippen LogP contribution is -2.27. The van der Waals surface area contributed by atoms with Crippen LogP contribution in [0.15, 0.2) is 0 Å². The molecule has 0 radical (unpaired) electrons. The zero-order chi connectivity index (χ0) is 6.41. The number of hydrogen-bond acceptors (Lipinski definition) is 2. The summed E-state index contributed by atoms with van der Waals surface area (Å²) in [6, 6.07) is 0.588. The molecule has 0 fully saturated rings. The van der Waals surface area contributed by atoms with E-state index in [-0.39, 0.29) is 24.8 Å². The first-order valence-electron chi connectivity index (χ1n) is 3.24. The van der Waals surface area contributed by atoms with Crippen LogP contribution in [0.25, 0.3) is 0 Å². The van der Waals surface area contributed by atoms with Crippen molar-refractivity contribution in [2.24, 2.45) is 5.73 Å². The van der Waals surface area contributed by atoms with Crippen molar-refractivity contribution in [3.63, 3.8) is 0 Å². The average molecular weight is 189 g/mol. The SMILES string of the molecule is CCNC(C)CCN.Cl.Cl. The number of nitrogens with two attached hydrogens (primary N) is 1. The van der Waals surface area contributed by atoms with E-state index in [2.05, 4.69) is 19.2 Å². The molecule has 0 saturated heterocycles. The fourth-order valence-electron chi connectivity index (χ4n) is 0.701. The summed E-state index contributed by atoms with van der Waals surface area (Å²) in [5.41, 5.74) is 5.32. The Kier molecular flexibility index (Phi) is 20.6. The Morgan fingerprint density at radius 2 is 1.90 bits per heavy atom. The summed E-state index contributed by atoms with van der Waals surface area (Å²) in [5.74, 6) is 0. The molecule has 1 unspecified atom stereocenters. The third-order valence-corrected chi connectivity index (χ3v) is 1.15. The zero-order valence-electron chi connectivity index (χ0n) is 6.59. The molecule has 0 aliphatic rings. The van der Waals surface area contributed by atoms with Crippen molar-refractivity contribution in [1.29, 1.82) is 0 Å². The lowest BCUT2D eigenvalue weighted by Gasteiger charge is -2.08. The van der Waals surface area contributed by atoms with Crippen molar-refractivity contribution in [1.82, 2.24) is 5.32 Å². The second-order valence-electron chi connectivity index (χ2n) is 2.04. The van der Waals surface area contributed by atoms with Crippen LogP contribution >= 0.6 is 24.8 Å². The molecule has 10 heavy (non-hydrogen) atoms. The summed E-state index contributed by atoms with van der Waals surface area (Å²) in [6.45, 7) is 6.08. The first kappa shape index (κ1) is 16.8. The van der Waals surface area contributed by atoms with Gasteiger partial charge in [-0.1, -0.05) is 6.92 Å². The van der Waals surface area contributed by atoms with Gasteiger partial charge in [0.1, 0.15) is 0 Å². The van der Waals surface area contributed by atoms with E-state index in [0.29, 0.717) is 6.04 Å². The molecule has 0 bridgehead atoms. The molecule has 0 heterocycles. The predicted molar refractivity (Wildman–Crippen MR) is 51.3 cm³/mol. The van der Waals surface area contributed by atoms with Gasteiger partial charge in [-0.2, -0.15) is 0 Å². The third kappa shape index (κ3) is 11.3. The average Bonchev–Trinajstić information content (AvgIpc) is 1.68. The molecule has 0 spiro atoms. The molecule has 2 nitrogen and oxygen atoms in total. The third-order valence-electron chi connectivity index (χ3n) is 1.15. The van der Waals surface area contributed by atoms with E-state index in [9.17, 15) is 0 Å². The number of nitrogens with one attached hydrogen (secondary N) is 1. The van der Waals surface area contributed by atoms with Crippen LogP contribution in [0.3, 0.4) is 0 Å². The van der Waals surface area contributed by atoms with Crippen LogP contribution in [0.2, 0.25) is 0 Å². The van der Waals surface area contributed by atoms with Gasteiger partial charge in [0, 0.05) is 6.04 Å². The molecule has 0 aromatic heterocycles. The predicted octanol–water partition coefficient (Wildman–Crippen LogP) is 1.18. The molecule has 4 heteroatoms. The number of hydrogen-bond donors (Lipinski definition) is 2. The van der Waals surface area contributed by atoms with Crippen LogP contribution < -0.4 is 11.1 Å². The van der Waals surface area contributed by atoms with Gasteiger partial charge in [-0.05, 0) is 26.4 Å². The van der Waals surface area contributed by atoms with Crippen molar-refractivity contribution >= 4 is 24.8 Å². The van der Waals surface area contributed by atoms with Crippen molar-refractivity contribution in [3.05, 3.63) is 0 Å². The number of rotatable bonds is 4. The molecule has 0 aromatic rings. The van der Waals surface area contributed by atoms with Gasteiger partial charge in [0.25, 0.3) is 0 Å². The maximum absolute atomic E-state index is 5.32. The summed E-state index contributed by atoms with van der Waals surface area (Å²) in [4.78, 5) is 0. The van der Waals surface area contributed by atoms with Crippen molar-refractivity contribution < 1.29 is 0 Å². The van der Waals surface area contributed by atoms with E-state index in [0.717, 1.165) is 19.5 Å². The highest BCUT2D eigenvalue weighted by molar-refractivity contribution is 5.85. The summed E-state index contributed by atoms with van der Waals surface area (Å²) in [6.07, 6.45) is 1.08. The second kappa shape index (κ2) is 12.2. The summed E-state index contributed by atoms with van der Waals surface area (Å²) in [7, 11) is 0. The minimum Gasteiger partial charge on any atom is -0.330 e. The second-order valence-corrected chi connectivity index (χ2v) is 2.04. The maximum Gasteiger partial charge on any atom is 0.00506 e. The van der Waals surface area contributed by atoms with E-state index in [1.165, 1.54) is 0 Å². The molecule has 0 aliphatic heterocycles. The van der Waals surface area contributed by atoms with Gasteiger partial charge >= 0.3 is 0 Å². The molecule has 3 N–H and O–H groups in total. The highest BCUT2D eigenvalue weighted by atomic mass is 35.5. The fraction of sp³-hybridized carbons (Fsp3) is 1.00. The normalized spacial score (nSPS) is 11.1. The highest BCUT2D eigenvalue weighted by Crippen LogP contribution is 1.84. The first-order chi connectivity index (χ1) is 3.81. The molecule has 1 atom stereocenters. The van der Waals surface area contributed by atoms with Gasteiger partial charge < -0.3 is 11.1 Å². The van der Waals surface area contributed by atoms with E-state index >= 15 is 0 Å². The first-order valence-corrected chi connectivity index (χ1v) is 3.24. The van der Waals surface area contributed by atoms with Gasteiger partial charge in [0.15, 0.2) is 0 Å². The lowest BCUT2D eigenvalue weighted by atomic mass is 10.2. The minimum atomic E-state index is 0. The smallest absolute Gasteiger partial charge is 0.00506 e. The Balaban J connectivity index is -0.000000245. The Morgan fingerprint density at radius 1 is 1.40 bits per heavy atom. The van der Waals surface area contributed by atoms with Gasteiger partial charge in [0.05, 0.1) is 0 Å². The van der Waals surface area contributed by atoms with Gasteiger partial charge in [-0.3, -0.25) is 0 Å². The van der Waals surface area contributed by atoms with Gasteiger partial charge in [-0.25, -0.2) is 0 Å². The Bertz CT molecular complexity index is 47.0. The number of halogens is 2. The Morgan fingerprint density at radius 3 is 2.20 bits per heavy atom. The fourth-order valence-corrected chi connectivity index (χ4v) is 0.701. The van der Waals surface area contributed by atoms with Crippen LogP contribution in [0.4, 0.5) is 0 Å². The molecule has 0 aromatic carbocycles. The topological polar surface area (TPSA) is 38.0 Å². The summed E-state index contributed by atoms with van der Waals surface area (Å²) >= 11 is 0. The van der Waals surface area contributed by atoms with Crippen LogP contribution in [-0.4, -0.2) is 19.1 Å². The quantitative estimate of drug-likeness (QED) is 0.696. The Labute approximate surface area is 75.8 Å². The monoisotopic (exact) mass is 188 g/mol. The van der Waals surface area contributed by atoms with E-state index in [1.807, 2.05) is 0 Å². The maximum atomic E-state index is 5.32. The molecular weight excluding hydrogens is 171 g/mol. The van der Waals surface area contributed by atoms with E-state index < -0.39 is 0 Å². The van der Waals surface area contributed by atoms with Crippen LogP contribution in [0, 0.1) is 0 Å². The van der Waals surface area contributed by atoms with Gasteiger partial charge in [0.2, 0.25) is 0 Å². The zero-order valence-corrected chi connectivity index (χ0v) is 8.23. The van der Waals surface area contributed by atoms with E-state index in [1.54, 1.807) is 0 Å². The molecule has 0 aliphatic carbocycles. The van der Waals surface area contributed by atoms with Crippen molar-refractivity contribution in [3.8, 4) is 0 Å². The molecule has 0 saturated carbocycles. The Hall–Kier alpha value is 0.500. The van der Waals surface area contributed by atoms with Crippen molar-refractivity contribution in [2.45, 2.75) is 26.3 Å². The molecule has 0 amide bonds. The highest BCUT2D eigenvalue weighted by Gasteiger charge is 1.94. The molecular formula is C6H18Cl2N2. The minimum absolute atomic E-state index is 0. The summed E-state index contributed by atoms with van der Waals surface area (Å²) < 4.78 is 0.